The van der Waals surface area contributed by atoms with Crippen LogP contribution in [0.2, 0.25) is 0 Å². The molecule has 2 aromatic carbocycles. The maximum absolute atomic E-state index is 13.6. The van der Waals surface area contributed by atoms with E-state index in [0.29, 0.717) is 44.0 Å². The molecule has 0 radical (unpaired) electrons. The Kier molecular flexibility index (Phi) is 10.4. The van der Waals surface area contributed by atoms with E-state index in [-0.39, 0.29) is 11.8 Å². The summed E-state index contributed by atoms with van der Waals surface area (Å²) in [5.41, 5.74) is 6.77. The van der Waals surface area contributed by atoms with E-state index in [1.807, 2.05) is 59.5 Å². The molecule has 2 aromatic rings. The molecule has 2 fully saturated rings. The first-order valence-electron chi connectivity index (χ1n) is 14.6. The highest BCUT2D eigenvalue weighted by Crippen LogP contribution is 2.36. The zero-order chi connectivity index (χ0) is 27.6. The topological polar surface area (TPSA) is 102 Å². The first-order valence-corrected chi connectivity index (χ1v) is 14.6. The highest BCUT2D eigenvalue weighted by molar-refractivity contribution is 5.91. The van der Waals surface area contributed by atoms with E-state index >= 15 is 0 Å². The van der Waals surface area contributed by atoms with Gasteiger partial charge in [-0.3, -0.25) is 14.4 Å². The second-order valence-corrected chi connectivity index (χ2v) is 11.2. The van der Waals surface area contributed by atoms with Gasteiger partial charge in [0.05, 0.1) is 0 Å². The average Bonchev–Trinajstić information content (AvgIpc) is 3.06. The molecule has 1 aliphatic carbocycles. The van der Waals surface area contributed by atoms with Gasteiger partial charge in [-0.1, -0.05) is 69.4 Å². The third-order valence-corrected chi connectivity index (χ3v) is 8.22. The number of hydrogen-bond donors (Lipinski definition) is 2. The van der Waals surface area contributed by atoms with Crippen LogP contribution in [0.25, 0.3) is 0 Å². The van der Waals surface area contributed by atoms with E-state index in [1.165, 1.54) is 6.42 Å². The number of nitrogens with one attached hydrogen (secondary N) is 1. The lowest BCUT2D eigenvalue weighted by atomic mass is 9.73. The number of ether oxygens (including phenoxy) is 1. The molecule has 1 saturated carbocycles. The first-order chi connectivity index (χ1) is 18.9. The van der Waals surface area contributed by atoms with Crippen molar-refractivity contribution in [2.24, 2.45) is 23.5 Å². The Bertz CT molecular complexity index is 1100. The SMILES string of the molecule is CCCC[C@H](C(N)=O)[C@@H](CC1CCC1)C(=O)N[C@H]1CCCCN(Cc2cccc(Oc3ccccc3)c2)C1=O. The van der Waals surface area contributed by atoms with Crippen molar-refractivity contribution in [2.45, 2.75) is 83.7 Å². The van der Waals surface area contributed by atoms with Crippen molar-refractivity contribution < 1.29 is 19.1 Å². The van der Waals surface area contributed by atoms with Gasteiger partial charge in [-0.25, -0.2) is 0 Å². The van der Waals surface area contributed by atoms with Crippen LogP contribution >= 0.6 is 0 Å². The zero-order valence-electron chi connectivity index (χ0n) is 23.1. The maximum atomic E-state index is 13.6. The third-order valence-electron chi connectivity index (χ3n) is 8.22. The van der Waals surface area contributed by atoms with Crippen molar-refractivity contribution in [3.63, 3.8) is 0 Å². The summed E-state index contributed by atoms with van der Waals surface area (Å²) < 4.78 is 5.98. The smallest absolute Gasteiger partial charge is 0.245 e. The number of unbranched alkanes of at least 4 members (excludes halogenated alkanes) is 1. The van der Waals surface area contributed by atoms with E-state index < -0.39 is 23.8 Å². The number of likely N-dealkylation sites (tertiary alicyclic amines) is 1. The Morgan fingerprint density at radius 2 is 1.77 bits per heavy atom. The molecule has 0 bridgehead atoms. The summed E-state index contributed by atoms with van der Waals surface area (Å²) in [4.78, 5) is 41.5. The predicted molar refractivity (Wildman–Crippen MR) is 152 cm³/mol. The van der Waals surface area contributed by atoms with Crippen LogP contribution in [0.1, 0.15) is 76.7 Å². The lowest BCUT2D eigenvalue weighted by Gasteiger charge is -2.33. The minimum atomic E-state index is -0.590. The molecule has 1 saturated heterocycles. The lowest BCUT2D eigenvalue weighted by Crippen LogP contribution is -2.51. The highest BCUT2D eigenvalue weighted by Gasteiger charge is 2.38. The Balaban J connectivity index is 1.43. The minimum absolute atomic E-state index is 0.0678. The molecule has 3 N–H and O–H groups in total. The molecule has 3 atom stereocenters. The van der Waals surface area contributed by atoms with Gasteiger partial charge >= 0.3 is 0 Å². The molecule has 0 unspecified atom stereocenters. The Hall–Kier alpha value is -3.35. The van der Waals surface area contributed by atoms with E-state index in [1.54, 1.807) is 0 Å². The Morgan fingerprint density at radius 3 is 2.46 bits per heavy atom. The van der Waals surface area contributed by atoms with Crippen LogP contribution in [-0.2, 0) is 20.9 Å². The summed E-state index contributed by atoms with van der Waals surface area (Å²) in [6.07, 6.45) is 8.76. The summed E-state index contributed by atoms with van der Waals surface area (Å²) in [5, 5.41) is 3.07. The molecule has 7 nitrogen and oxygen atoms in total. The van der Waals surface area contributed by atoms with Crippen LogP contribution in [0.15, 0.2) is 54.6 Å². The quantitative estimate of drug-likeness (QED) is 0.351. The Labute approximate surface area is 232 Å². The van der Waals surface area contributed by atoms with E-state index in [0.717, 1.165) is 49.8 Å². The molecule has 0 aromatic heterocycles. The molecule has 210 valence electrons. The molecule has 3 amide bonds. The van der Waals surface area contributed by atoms with Crippen LogP contribution in [0, 0.1) is 17.8 Å². The maximum Gasteiger partial charge on any atom is 0.245 e. The number of nitrogens with two attached hydrogens (primary N) is 1. The van der Waals surface area contributed by atoms with Gasteiger partial charge in [-0.05, 0) is 67.9 Å². The van der Waals surface area contributed by atoms with Gasteiger partial charge in [0.2, 0.25) is 17.7 Å². The number of carbonyl (C=O) groups excluding carboxylic acids is 3. The highest BCUT2D eigenvalue weighted by atomic mass is 16.5. The molecule has 4 rings (SSSR count). The van der Waals surface area contributed by atoms with Crippen molar-refractivity contribution in [3.05, 3.63) is 60.2 Å². The number of carbonyl (C=O) groups is 3. The van der Waals surface area contributed by atoms with Gasteiger partial charge in [-0.2, -0.15) is 0 Å². The number of hydrogen-bond acceptors (Lipinski definition) is 4. The normalized spacial score (nSPS) is 19.5. The van der Waals surface area contributed by atoms with Gasteiger partial charge in [0.15, 0.2) is 0 Å². The minimum Gasteiger partial charge on any atom is -0.457 e. The average molecular weight is 534 g/mol. The first kappa shape index (κ1) is 28.7. The molecular formula is C32H43N3O4. The van der Waals surface area contributed by atoms with Gasteiger partial charge < -0.3 is 20.7 Å². The monoisotopic (exact) mass is 533 g/mol. The third kappa shape index (κ3) is 8.07. The molecule has 2 aliphatic rings. The number of amides is 3. The summed E-state index contributed by atoms with van der Waals surface area (Å²) >= 11 is 0. The lowest BCUT2D eigenvalue weighted by molar-refractivity contribution is -0.139. The Morgan fingerprint density at radius 1 is 1.00 bits per heavy atom. The van der Waals surface area contributed by atoms with Crippen LogP contribution in [0.3, 0.4) is 0 Å². The summed E-state index contributed by atoms with van der Waals surface area (Å²) in [6, 6.07) is 16.8. The van der Waals surface area contributed by atoms with Gasteiger partial charge in [0.1, 0.15) is 17.5 Å². The van der Waals surface area contributed by atoms with Crippen LogP contribution in [0.5, 0.6) is 11.5 Å². The fourth-order valence-electron chi connectivity index (χ4n) is 5.73. The number of nitrogens with zero attached hydrogens (tertiary/aromatic N) is 1. The second kappa shape index (κ2) is 14.2. The van der Waals surface area contributed by atoms with Gasteiger partial charge in [0.25, 0.3) is 0 Å². The zero-order valence-corrected chi connectivity index (χ0v) is 23.1. The summed E-state index contributed by atoms with van der Waals surface area (Å²) in [5.74, 6) is 0.292. The fraction of sp³-hybridized carbons (Fsp3) is 0.531. The number of rotatable bonds is 13. The van der Waals surface area contributed by atoms with Crippen molar-refractivity contribution in [2.75, 3.05) is 6.54 Å². The molecule has 7 heteroatoms. The van der Waals surface area contributed by atoms with E-state index in [9.17, 15) is 14.4 Å². The second-order valence-electron chi connectivity index (χ2n) is 11.2. The largest absolute Gasteiger partial charge is 0.457 e. The van der Waals surface area contributed by atoms with Crippen LogP contribution in [-0.4, -0.2) is 35.2 Å². The van der Waals surface area contributed by atoms with Gasteiger partial charge in [0, 0.05) is 24.9 Å². The number of primary amides is 1. The molecule has 1 aliphatic heterocycles. The van der Waals surface area contributed by atoms with Crippen molar-refractivity contribution in [1.82, 2.24) is 10.2 Å². The van der Waals surface area contributed by atoms with Gasteiger partial charge in [-0.15, -0.1) is 0 Å². The predicted octanol–water partition coefficient (Wildman–Crippen LogP) is 5.57. The molecule has 39 heavy (non-hydrogen) atoms. The summed E-state index contributed by atoms with van der Waals surface area (Å²) in [7, 11) is 0. The van der Waals surface area contributed by atoms with Crippen LogP contribution < -0.4 is 15.8 Å². The number of para-hydroxylation sites is 1. The molecular weight excluding hydrogens is 490 g/mol. The van der Waals surface area contributed by atoms with E-state index in [2.05, 4.69) is 12.2 Å². The van der Waals surface area contributed by atoms with Crippen LogP contribution in [0.4, 0.5) is 0 Å². The van der Waals surface area contributed by atoms with E-state index in [4.69, 9.17) is 10.5 Å². The molecule has 1 heterocycles. The van der Waals surface area contributed by atoms with Crippen molar-refractivity contribution in [3.8, 4) is 11.5 Å². The fourth-order valence-corrected chi connectivity index (χ4v) is 5.73. The molecule has 0 spiro atoms. The van der Waals surface area contributed by atoms with Crippen molar-refractivity contribution in [1.29, 1.82) is 0 Å². The standard InChI is InChI=1S/C32H43N3O4/c1-2-3-17-27(30(33)36)28(21-23-11-9-12-23)31(37)34-29-18-7-8-19-35(32(29)38)22-24-13-10-16-26(20-24)39-25-14-5-4-6-15-25/h4-6,10,13-16,20,23,27-29H,2-3,7-9,11-12,17-19,21-22H2,1H3,(H2,33,36)(H,34,37)/t27-,28+,29-/m0/s1. The number of benzene rings is 2. The van der Waals surface area contributed by atoms with Crippen molar-refractivity contribution >= 4 is 17.7 Å². The summed E-state index contributed by atoms with van der Waals surface area (Å²) in [6.45, 7) is 3.16.